The van der Waals surface area contributed by atoms with Crippen molar-refractivity contribution in [3.05, 3.63) is 38.5 Å². The Bertz CT molecular complexity index is 781. The minimum Gasteiger partial charge on any atom is -0.343 e. The summed E-state index contributed by atoms with van der Waals surface area (Å²) in [6.07, 6.45) is -3.93. The lowest BCUT2D eigenvalue weighted by molar-refractivity contribution is -0.140. The molecule has 0 bridgehead atoms. The van der Waals surface area contributed by atoms with E-state index in [-0.39, 0.29) is 17.2 Å². The van der Waals surface area contributed by atoms with Gasteiger partial charge < -0.3 is 4.90 Å². The quantitative estimate of drug-likeness (QED) is 0.804. The number of alkyl halides is 3. The van der Waals surface area contributed by atoms with Crippen LogP contribution in [0, 0.1) is 6.92 Å². The van der Waals surface area contributed by atoms with Gasteiger partial charge in [-0.05, 0) is 6.92 Å². The van der Waals surface area contributed by atoms with E-state index in [4.69, 9.17) is 0 Å². The molecule has 0 spiro atoms. The first-order valence-corrected chi connectivity index (χ1v) is 7.48. The van der Waals surface area contributed by atoms with Gasteiger partial charge in [-0.2, -0.15) is 13.2 Å². The van der Waals surface area contributed by atoms with E-state index in [1.54, 1.807) is 18.9 Å². The van der Waals surface area contributed by atoms with Crippen molar-refractivity contribution in [2.45, 2.75) is 26.1 Å². The van der Waals surface area contributed by atoms with Crippen molar-refractivity contribution in [1.29, 1.82) is 0 Å². The molecule has 0 amide bonds. The van der Waals surface area contributed by atoms with Crippen LogP contribution in [0.5, 0.6) is 0 Å². The number of rotatable bonds is 1. The number of anilines is 1. The van der Waals surface area contributed by atoms with Gasteiger partial charge in [0, 0.05) is 25.4 Å². The molecule has 1 aliphatic rings. The highest BCUT2D eigenvalue weighted by atomic mass is 32.1. The van der Waals surface area contributed by atoms with Gasteiger partial charge in [-0.1, -0.05) is 0 Å². The van der Waals surface area contributed by atoms with Gasteiger partial charge in [-0.25, -0.2) is 9.97 Å². The molecule has 0 saturated heterocycles. The SMILES string of the molecule is Cc1nc2c(c(=O)n1C)CN(c1nc(C(F)(F)F)cs1)CC2. The zero-order valence-corrected chi connectivity index (χ0v) is 12.8. The highest BCUT2D eigenvalue weighted by Gasteiger charge is 2.35. The number of hydrogen-bond donors (Lipinski definition) is 0. The standard InChI is InChI=1S/C13H13F3N4OS/c1-7-17-9-3-4-20(5-8(9)11(21)19(7)2)12-18-10(6-22-12)13(14,15)16/h6H,3-5H2,1-2H3. The monoisotopic (exact) mass is 330 g/mol. The van der Waals surface area contributed by atoms with Gasteiger partial charge in [0.15, 0.2) is 10.8 Å². The van der Waals surface area contributed by atoms with E-state index in [0.29, 0.717) is 24.4 Å². The molecule has 2 aromatic rings. The Kier molecular flexibility index (Phi) is 3.47. The fourth-order valence-corrected chi connectivity index (χ4v) is 3.25. The van der Waals surface area contributed by atoms with Crippen LogP contribution >= 0.6 is 11.3 Å². The van der Waals surface area contributed by atoms with E-state index < -0.39 is 11.9 Å². The number of fused-ring (bicyclic) bond motifs is 1. The van der Waals surface area contributed by atoms with Crippen LogP contribution in [0.1, 0.15) is 22.8 Å². The van der Waals surface area contributed by atoms with Crippen LogP contribution in [-0.4, -0.2) is 21.1 Å². The van der Waals surface area contributed by atoms with Crippen LogP contribution in [0.3, 0.4) is 0 Å². The lowest BCUT2D eigenvalue weighted by Crippen LogP contribution is -2.38. The lowest BCUT2D eigenvalue weighted by atomic mass is 10.1. The van der Waals surface area contributed by atoms with E-state index in [9.17, 15) is 18.0 Å². The first-order valence-electron chi connectivity index (χ1n) is 6.60. The lowest BCUT2D eigenvalue weighted by Gasteiger charge is -2.27. The molecule has 5 nitrogen and oxygen atoms in total. The van der Waals surface area contributed by atoms with Gasteiger partial charge in [0.2, 0.25) is 0 Å². The third kappa shape index (κ3) is 2.49. The molecule has 0 fully saturated rings. The average molecular weight is 330 g/mol. The van der Waals surface area contributed by atoms with E-state index in [1.165, 1.54) is 4.57 Å². The fourth-order valence-electron chi connectivity index (χ4n) is 2.39. The third-order valence-corrected chi connectivity index (χ3v) is 4.62. The van der Waals surface area contributed by atoms with E-state index in [2.05, 4.69) is 9.97 Å². The molecule has 22 heavy (non-hydrogen) atoms. The van der Waals surface area contributed by atoms with E-state index in [0.717, 1.165) is 22.4 Å². The van der Waals surface area contributed by atoms with Crippen LogP contribution in [0.4, 0.5) is 18.3 Å². The molecule has 1 aliphatic heterocycles. The van der Waals surface area contributed by atoms with Gasteiger partial charge in [-0.3, -0.25) is 9.36 Å². The second-order valence-electron chi connectivity index (χ2n) is 5.13. The molecule has 9 heteroatoms. The Morgan fingerprint density at radius 2 is 2.05 bits per heavy atom. The molecule has 0 aliphatic carbocycles. The maximum Gasteiger partial charge on any atom is 0.434 e. The second kappa shape index (κ2) is 5.08. The zero-order chi connectivity index (χ0) is 16.1. The predicted molar refractivity (Wildman–Crippen MR) is 76.1 cm³/mol. The predicted octanol–water partition coefficient (Wildman–Crippen LogP) is 2.13. The second-order valence-corrected chi connectivity index (χ2v) is 5.97. The number of hydrogen-bond acceptors (Lipinski definition) is 5. The number of halogens is 3. The van der Waals surface area contributed by atoms with Crippen LogP contribution in [0.2, 0.25) is 0 Å². The summed E-state index contributed by atoms with van der Waals surface area (Å²) in [5.41, 5.74) is 0.209. The summed E-state index contributed by atoms with van der Waals surface area (Å²) < 4.78 is 39.3. The van der Waals surface area contributed by atoms with Crippen LogP contribution in [0.15, 0.2) is 10.2 Å². The largest absolute Gasteiger partial charge is 0.434 e. The first-order chi connectivity index (χ1) is 10.3. The molecule has 118 valence electrons. The molecule has 3 heterocycles. The molecular weight excluding hydrogens is 317 g/mol. The van der Waals surface area contributed by atoms with E-state index in [1.807, 2.05) is 0 Å². The van der Waals surface area contributed by atoms with Crippen molar-refractivity contribution < 1.29 is 13.2 Å². The van der Waals surface area contributed by atoms with Gasteiger partial charge >= 0.3 is 6.18 Å². The summed E-state index contributed by atoms with van der Waals surface area (Å²) in [5.74, 6) is 0.630. The summed E-state index contributed by atoms with van der Waals surface area (Å²) in [5, 5.41) is 1.27. The molecule has 0 atom stereocenters. The molecule has 3 rings (SSSR count). The van der Waals surface area contributed by atoms with E-state index >= 15 is 0 Å². The van der Waals surface area contributed by atoms with Crippen molar-refractivity contribution in [3.63, 3.8) is 0 Å². The summed E-state index contributed by atoms with van der Waals surface area (Å²) >= 11 is 0.936. The summed E-state index contributed by atoms with van der Waals surface area (Å²) in [4.78, 5) is 22.0. The smallest absolute Gasteiger partial charge is 0.343 e. The highest BCUT2D eigenvalue weighted by molar-refractivity contribution is 7.13. The van der Waals surface area contributed by atoms with Crippen LogP contribution < -0.4 is 10.5 Å². The normalized spacial score (nSPS) is 15.0. The van der Waals surface area contributed by atoms with Crippen molar-refractivity contribution in [1.82, 2.24) is 14.5 Å². The molecule has 0 radical (unpaired) electrons. The summed E-state index contributed by atoms with van der Waals surface area (Å²) in [6, 6.07) is 0. The Balaban J connectivity index is 1.93. The van der Waals surface area contributed by atoms with Gasteiger partial charge in [-0.15, -0.1) is 11.3 Å². The Labute approximate surface area is 128 Å². The van der Waals surface area contributed by atoms with Crippen molar-refractivity contribution >= 4 is 16.5 Å². The number of aryl methyl sites for hydroxylation is 1. The van der Waals surface area contributed by atoms with Gasteiger partial charge in [0.05, 0.1) is 17.8 Å². The Morgan fingerprint density at radius 1 is 1.32 bits per heavy atom. The van der Waals surface area contributed by atoms with Crippen molar-refractivity contribution in [2.24, 2.45) is 7.05 Å². The molecule has 0 N–H and O–H groups in total. The first kappa shape index (κ1) is 15.0. The zero-order valence-electron chi connectivity index (χ0n) is 11.9. The van der Waals surface area contributed by atoms with Crippen LogP contribution in [-0.2, 0) is 26.2 Å². The summed E-state index contributed by atoms with van der Waals surface area (Å²) in [7, 11) is 1.63. The fraction of sp³-hybridized carbons (Fsp3) is 0.462. The third-order valence-electron chi connectivity index (χ3n) is 3.71. The molecular formula is C13H13F3N4OS. The van der Waals surface area contributed by atoms with Gasteiger partial charge in [0.1, 0.15) is 5.82 Å². The van der Waals surface area contributed by atoms with Crippen LogP contribution in [0.25, 0.3) is 0 Å². The minimum atomic E-state index is -4.45. The topological polar surface area (TPSA) is 51.0 Å². The molecule has 0 unspecified atom stereocenters. The maximum absolute atomic E-state index is 12.6. The van der Waals surface area contributed by atoms with Crippen molar-refractivity contribution in [3.8, 4) is 0 Å². The average Bonchev–Trinajstić information content (AvgIpc) is 2.94. The molecule has 0 saturated carbocycles. The highest BCUT2D eigenvalue weighted by Crippen LogP contribution is 2.34. The minimum absolute atomic E-state index is 0.153. The Morgan fingerprint density at radius 3 is 2.68 bits per heavy atom. The van der Waals surface area contributed by atoms with Gasteiger partial charge in [0.25, 0.3) is 5.56 Å². The maximum atomic E-state index is 12.6. The van der Waals surface area contributed by atoms with Crippen molar-refractivity contribution in [2.75, 3.05) is 11.4 Å². The number of nitrogens with zero attached hydrogens (tertiary/aromatic N) is 4. The molecule has 2 aromatic heterocycles. The number of aromatic nitrogens is 3. The molecule has 0 aromatic carbocycles. The number of thiazole rings is 1. The summed E-state index contributed by atoms with van der Waals surface area (Å²) in [6.45, 7) is 2.49. The Hall–Kier alpha value is -1.90.